The van der Waals surface area contributed by atoms with Crippen LogP contribution in [-0.4, -0.2) is 61.3 Å². The summed E-state index contributed by atoms with van der Waals surface area (Å²) >= 11 is 0. The van der Waals surface area contributed by atoms with E-state index in [0.29, 0.717) is 6.10 Å². The molecule has 1 unspecified atom stereocenters. The smallest absolute Gasteiger partial charge is 0.0597 e. The lowest BCUT2D eigenvalue weighted by Gasteiger charge is -2.27. The maximum atomic E-state index is 6.08. The molecule has 1 saturated carbocycles. The van der Waals surface area contributed by atoms with Gasteiger partial charge in [-0.1, -0.05) is 19.3 Å². The first-order chi connectivity index (χ1) is 9.42. The van der Waals surface area contributed by atoms with Crippen LogP contribution < -0.4 is 0 Å². The van der Waals surface area contributed by atoms with Crippen molar-refractivity contribution < 1.29 is 4.74 Å². The second-order valence-electron chi connectivity index (χ2n) is 6.62. The predicted molar refractivity (Wildman–Crippen MR) is 78.5 cm³/mol. The second-order valence-corrected chi connectivity index (χ2v) is 6.62. The van der Waals surface area contributed by atoms with Crippen molar-refractivity contribution in [1.82, 2.24) is 9.80 Å². The Morgan fingerprint density at radius 1 is 0.842 bits per heavy atom. The molecule has 3 heteroatoms. The van der Waals surface area contributed by atoms with Gasteiger partial charge in [0, 0.05) is 19.1 Å². The molecule has 0 N–H and O–H groups in total. The predicted octanol–water partition coefficient (Wildman–Crippen LogP) is 2.51. The molecule has 0 aromatic carbocycles. The van der Waals surface area contributed by atoms with Gasteiger partial charge in [-0.25, -0.2) is 0 Å². The third kappa shape index (κ3) is 3.93. The zero-order valence-corrected chi connectivity index (χ0v) is 12.4. The van der Waals surface area contributed by atoms with Gasteiger partial charge in [-0.2, -0.15) is 0 Å². The van der Waals surface area contributed by atoms with E-state index in [2.05, 4.69) is 9.80 Å². The fourth-order valence-electron chi connectivity index (χ4n) is 4.07. The normalized spacial score (nSPS) is 31.3. The summed E-state index contributed by atoms with van der Waals surface area (Å²) in [5, 5.41) is 0. The minimum Gasteiger partial charge on any atom is -0.377 e. The van der Waals surface area contributed by atoms with Crippen molar-refractivity contribution in [2.45, 2.75) is 63.5 Å². The van der Waals surface area contributed by atoms with Gasteiger partial charge in [-0.05, 0) is 51.7 Å². The van der Waals surface area contributed by atoms with Crippen molar-refractivity contribution >= 4 is 0 Å². The molecule has 1 atom stereocenters. The molecule has 0 amide bonds. The van der Waals surface area contributed by atoms with E-state index in [0.717, 1.165) is 19.2 Å². The molecule has 3 aliphatic rings. The first kappa shape index (κ1) is 13.8. The molecule has 0 spiro atoms. The van der Waals surface area contributed by atoms with Crippen LogP contribution in [0.15, 0.2) is 0 Å². The van der Waals surface area contributed by atoms with E-state index >= 15 is 0 Å². The summed E-state index contributed by atoms with van der Waals surface area (Å²) in [5.41, 5.74) is 0. The molecular formula is C16H30N2O. The molecule has 0 aromatic heterocycles. The van der Waals surface area contributed by atoms with Crippen molar-refractivity contribution in [3.8, 4) is 0 Å². The summed E-state index contributed by atoms with van der Waals surface area (Å²) in [6, 6.07) is 0.845. The minimum absolute atomic E-state index is 0.573. The summed E-state index contributed by atoms with van der Waals surface area (Å²) < 4.78 is 6.08. The molecular weight excluding hydrogens is 236 g/mol. The third-order valence-electron chi connectivity index (χ3n) is 5.20. The van der Waals surface area contributed by atoms with Crippen LogP contribution in [0.5, 0.6) is 0 Å². The van der Waals surface area contributed by atoms with Crippen LogP contribution in [-0.2, 0) is 4.74 Å². The van der Waals surface area contributed by atoms with Crippen LogP contribution in [0.3, 0.4) is 0 Å². The Morgan fingerprint density at radius 2 is 1.68 bits per heavy atom. The lowest BCUT2D eigenvalue weighted by Crippen LogP contribution is -2.38. The Bertz CT molecular complexity index is 265. The molecule has 3 rings (SSSR count). The molecule has 110 valence electrons. The highest BCUT2D eigenvalue weighted by Gasteiger charge is 2.28. The molecule has 3 fully saturated rings. The zero-order chi connectivity index (χ0) is 12.9. The Hall–Kier alpha value is -0.120. The fraction of sp³-hybridized carbons (Fsp3) is 1.00. The lowest BCUT2D eigenvalue weighted by atomic mass is 9.98. The van der Waals surface area contributed by atoms with Crippen molar-refractivity contribution in [3.63, 3.8) is 0 Å². The van der Waals surface area contributed by atoms with E-state index < -0.39 is 0 Å². The van der Waals surface area contributed by atoms with Crippen molar-refractivity contribution in [2.75, 3.05) is 39.3 Å². The standard InChI is InChI=1S/C16H30N2O/c1-2-7-16(8-3-1)19-13-12-17-9-5-11-18-10-4-6-15(18)14-17/h15-16H,1-14H2. The van der Waals surface area contributed by atoms with Crippen LogP contribution in [0.1, 0.15) is 51.4 Å². The number of nitrogens with zero attached hydrogens (tertiary/aromatic N) is 2. The Balaban J connectivity index is 1.37. The van der Waals surface area contributed by atoms with Crippen molar-refractivity contribution in [1.29, 1.82) is 0 Å². The summed E-state index contributed by atoms with van der Waals surface area (Å²) in [5.74, 6) is 0. The highest BCUT2D eigenvalue weighted by molar-refractivity contribution is 4.84. The van der Waals surface area contributed by atoms with Gasteiger partial charge >= 0.3 is 0 Å². The summed E-state index contributed by atoms with van der Waals surface area (Å²) in [7, 11) is 0. The minimum atomic E-state index is 0.573. The Morgan fingerprint density at radius 3 is 2.58 bits per heavy atom. The van der Waals surface area contributed by atoms with E-state index in [4.69, 9.17) is 4.74 Å². The third-order valence-corrected chi connectivity index (χ3v) is 5.20. The van der Waals surface area contributed by atoms with Crippen LogP contribution in [0.4, 0.5) is 0 Å². The summed E-state index contributed by atoms with van der Waals surface area (Å²) in [6.45, 7) is 7.34. The van der Waals surface area contributed by atoms with Gasteiger partial charge in [-0.3, -0.25) is 9.80 Å². The highest BCUT2D eigenvalue weighted by atomic mass is 16.5. The molecule has 2 heterocycles. The number of rotatable bonds is 4. The number of fused-ring (bicyclic) bond motifs is 1. The molecule has 19 heavy (non-hydrogen) atoms. The number of hydrogen-bond acceptors (Lipinski definition) is 3. The molecule has 1 aliphatic carbocycles. The maximum Gasteiger partial charge on any atom is 0.0597 e. The van der Waals surface area contributed by atoms with Gasteiger partial charge in [0.1, 0.15) is 0 Å². The van der Waals surface area contributed by atoms with E-state index in [1.807, 2.05) is 0 Å². The summed E-state index contributed by atoms with van der Waals surface area (Å²) in [6.07, 6.45) is 11.5. The molecule has 0 radical (unpaired) electrons. The highest BCUT2D eigenvalue weighted by Crippen LogP contribution is 2.22. The topological polar surface area (TPSA) is 15.7 Å². The van der Waals surface area contributed by atoms with Gasteiger partial charge in [0.25, 0.3) is 0 Å². The maximum absolute atomic E-state index is 6.08. The molecule has 2 aliphatic heterocycles. The quantitative estimate of drug-likeness (QED) is 0.777. The second kappa shape index (κ2) is 7.05. The van der Waals surface area contributed by atoms with Gasteiger partial charge in [0.2, 0.25) is 0 Å². The van der Waals surface area contributed by atoms with Gasteiger partial charge in [-0.15, -0.1) is 0 Å². The largest absolute Gasteiger partial charge is 0.377 e. The van der Waals surface area contributed by atoms with Crippen molar-refractivity contribution in [2.24, 2.45) is 0 Å². The molecule has 3 nitrogen and oxygen atoms in total. The SMILES string of the molecule is C1CCC(OCCN2CCCN3CCCC3C2)CC1. The van der Waals surface area contributed by atoms with Gasteiger partial charge < -0.3 is 4.74 Å². The van der Waals surface area contributed by atoms with Gasteiger partial charge in [0.15, 0.2) is 0 Å². The molecule has 2 saturated heterocycles. The number of hydrogen-bond donors (Lipinski definition) is 0. The van der Waals surface area contributed by atoms with Gasteiger partial charge in [0.05, 0.1) is 12.7 Å². The average molecular weight is 266 g/mol. The lowest BCUT2D eigenvalue weighted by molar-refractivity contribution is 0.0155. The summed E-state index contributed by atoms with van der Waals surface area (Å²) in [4.78, 5) is 5.36. The van der Waals surface area contributed by atoms with Crippen LogP contribution in [0, 0.1) is 0 Å². The van der Waals surface area contributed by atoms with E-state index in [9.17, 15) is 0 Å². The first-order valence-corrected chi connectivity index (χ1v) is 8.50. The molecule has 0 bridgehead atoms. The molecule has 0 aromatic rings. The van der Waals surface area contributed by atoms with Crippen molar-refractivity contribution in [3.05, 3.63) is 0 Å². The van der Waals surface area contributed by atoms with Crippen LogP contribution >= 0.6 is 0 Å². The number of ether oxygens (including phenoxy) is 1. The van der Waals surface area contributed by atoms with Crippen LogP contribution in [0.25, 0.3) is 0 Å². The average Bonchev–Trinajstić information content (AvgIpc) is 2.79. The monoisotopic (exact) mass is 266 g/mol. The van der Waals surface area contributed by atoms with E-state index in [1.54, 1.807) is 0 Å². The Kier molecular flexibility index (Phi) is 5.14. The first-order valence-electron chi connectivity index (χ1n) is 8.50. The van der Waals surface area contributed by atoms with Crippen LogP contribution in [0.2, 0.25) is 0 Å². The van der Waals surface area contributed by atoms with E-state index in [-0.39, 0.29) is 0 Å². The fourth-order valence-corrected chi connectivity index (χ4v) is 4.07. The Labute approximate surface area is 118 Å². The van der Waals surface area contributed by atoms with E-state index in [1.165, 1.54) is 77.5 Å². The zero-order valence-electron chi connectivity index (χ0n) is 12.4.